The predicted octanol–water partition coefficient (Wildman–Crippen LogP) is 3.24. The zero-order chi connectivity index (χ0) is 23.5. The highest BCUT2D eigenvalue weighted by molar-refractivity contribution is 5.92. The molecular formula is C26H27N3O5. The van der Waals surface area contributed by atoms with Crippen LogP contribution in [0.3, 0.4) is 0 Å². The number of amides is 1. The van der Waals surface area contributed by atoms with Gasteiger partial charge in [0.1, 0.15) is 18.1 Å². The van der Waals surface area contributed by atoms with Gasteiger partial charge in [0.25, 0.3) is 11.5 Å². The van der Waals surface area contributed by atoms with E-state index in [1.54, 1.807) is 4.90 Å². The minimum absolute atomic E-state index is 0.156. The van der Waals surface area contributed by atoms with Crippen LogP contribution >= 0.6 is 0 Å². The first kappa shape index (κ1) is 22.0. The predicted molar refractivity (Wildman–Crippen MR) is 126 cm³/mol. The maximum absolute atomic E-state index is 13.4. The first-order chi connectivity index (χ1) is 16.6. The third-order valence-corrected chi connectivity index (χ3v) is 6.21. The number of rotatable bonds is 5. The molecule has 1 aromatic heterocycles. The molecule has 8 nitrogen and oxygen atoms in total. The highest BCUT2D eigenvalue weighted by Gasteiger charge is 2.31. The van der Waals surface area contributed by atoms with Crippen molar-refractivity contribution in [2.24, 2.45) is 0 Å². The number of nitrogens with zero attached hydrogens (tertiary/aromatic N) is 3. The van der Waals surface area contributed by atoms with E-state index in [4.69, 9.17) is 14.2 Å². The highest BCUT2D eigenvalue weighted by atomic mass is 16.5. The van der Waals surface area contributed by atoms with E-state index in [0.29, 0.717) is 26.2 Å². The van der Waals surface area contributed by atoms with Crippen molar-refractivity contribution in [3.63, 3.8) is 0 Å². The summed E-state index contributed by atoms with van der Waals surface area (Å²) in [5.41, 5.74) is 2.18. The summed E-state index contributed by atoms with van der Waals surface area (Å²) in [4.78, 5) is 27.5. The van der Waals surface area contributed by atoms with Crippen LogP contribution < -0.4 is 19.8 Å². The molecule has 0 spiro atoms. The van der Waals surface area contributed by atoms with Crippen LogP contribution in [-0.2, 0) is 13.0 Å². The normalized spacial score (nSPS) is 17.0. The first-order valence-corrected chi connectivity index (χ1v) is 11.6. The van der Waals surface area contributed by atoms with Gasteiger partial charge in [0.05, 0.1) is 25.8 Å². The number of benzene rings is 2. The molecule has 0 saturated heterocycles. The van der Waals surface area contributed by atoms with E-state index in [2.05, 4.69) is 5.10 Å². The standard InChI is InChI=1S/C26H27N3O5/c1-18-21-17-24-23(33-13-5-14-34-24)16-19(21)10-11-28(18)26(31)22-8-9-25(30)29(27-22)12-15-32-20-6-3-2-4-7-20/h2-4,6-9,16-18H,5,10-15H2,1H3/t18-/m1/s1. The molecule has 0 fully saturated rings. The van der Waals surface area contributed by atoms with Gasteiger partial charge in [0.2, 0.25) is 0 Å². The van der Waals surface area contributed by atoms with E-state index < -0.39 is 0 Å². The van der Waals surface area contributed by atoms with Crippen molar-refractivity contribution in [2.45, 2.75) is 32.4 Å². The Kier molecular flexibility index (Phi) is 6.20. The fourth-order valence-corrected chi connectivity index (χ4v) is 4.39. The van der Waals surface area contributed by atoms with Crippen molar-refractivity contribution < 1.29 is 19.0 Å². The zero-order valence-corrected chi connectivity index (χ0v) is 19.1. The molecule has 3 heterocycles. The topological polar surface area (TPSA) is 82.9 Å². The monoisotopic (exact) mass is 461 g/mol. The van der Waals surface area contributed by atoms with Gasteiger partial charge in [-0.1, -0.05) is 18.2 Å². The lowest BCUT2D eigenvalue weighted by Crippen LogP contribution is -2.40. The first-order valence-electron chi connectivity index (χ1n) is 11.6. The fourth-order valence-electron chi connectivity index (χ4n) is 4.39. The molecule has 176 valence electrons. The Hall–Kier alpha value is -3.81. The summed E-state index contributed by atoms with van der Waals surface area (Å²) < 4.78 is 18.6. The fraction of sp³-hybridized carbons (Fsp3) is 0.346. The lowest BCUT2D eigenvalue weighted by molar-refractivity contribution is 0.0667. The maximum atomic E-state index is 13.4. The number of hydrogen-bond acceptors (Lipinski definition) is 6. The Morgan fingerprint density at radius 2 is 1.85 bits per heavy atom. The van der Waals surface area contributed by atoms with Crippen molar-refractivity contribution in [2.75, 3.05) is 26.4 Å². The average molecular weight is 462 g/mol. The highest BCUT2D eigenvalue weighted by Crippen LogP contribution is 2.39. The minimum Gasteiger partial charge on any atom is -0.492 e. The molecule has 5 rings (SSSR count). The third-order valence-electron chi connectivity index (χ3n) is 6.21. The van der Waals surface area contributed by atoms with Gasteiger partial charge in [-0.15, -0.1) is 0 Å². The molecule has 2 aliphatic rings. The molecular weight excluding hydrogens is 434 g/mol. The summed E-state index contributed by atoms with van der Waals surface area (Å²) >= 11 is 0. The SMILES string of the molecule is C[C@@H]1c2cc3c(cc2CCN1C(=O)c1ccc(=O)n(CCOc2ccccc2)n1)OCCCO3. The number of aromatic nitrogens is 2. The molecule has 0 saturated carbocycles. The zero-order valence-electron chi connectivity index (χ0n) is 19.1. The molecule has 1 atom stereocenters. The Morgan fingerprint density at radius 3 is 2.65 bits per heavy atom. The summed E-state index contributed by atoms with van der Waals surface area (Å²) in [7, 11) is 0. The van der Waals surface area contributed by atoms with Crippen molar-refractivity contribution in [3.8, 4) is 17.2 Å². The smallest absolute Gasteiger partial charge is 0.274 e. The summed E-state index contributed by atoms with van der Waals surface area (Å²) in [6.07, 6.45) is 1.56. The Labute approximate surface area is 197 Å². The second-order valence-corrected chi connectivity index (χ2v) is 8.41. The molecule has 2 aromatic carbocycles. The summed E-state index contributed by atoms with van der Waals surface area (Å²) in [5, 5.41) is 4.34. The molecule has 0 N–H and O–H groups in total. The molecule has 3 aromatic rings. The van der Waals surface area contributed by atoms with E-state index in [1.807, 2.05) is 49.4 Å². The molecule has 1 amide bonds. The lowest BCUT2D eigenvalue weighted by atomic mass is 9.92. The lowest BCUT2D eigenvalue weighted by Gasteiger charge is -2.35. The van der Waals surface area contributed by atoms with E-state index in [0.717, 1.165) is 34.8 Å². The molecule has 0 aliphatic carbocycles. The van der Waals surface area contributed by atoms with Crippen molar-refractivity contribution in [1.82, 2.24) is 14.7 Å². The summed E-state index contributed by atoms with van der Waals surface area (Å²) in [6.45, 7) is 4.34. The quantitative estimate of drug-likeness (QED) is 0.580. The Morgan fingerprint density at radius 1 is 1.09 bits per heavy atom. The number of carbonyl (C=O) groups excluding carboxylic acids is 1. The largest absolute Gasteiger partial charge is 0.492 e. The van der Waals surface area contributed by atoms with Crippen LogP contribution in [0.4, 0.5) is 0 Å². The average Bonchev–Trinajstić information content (AvgIpc) is 3.10. The summed E-state index contributed by atoms with van der Waals surface area (Å²) in [6, 6.07) is 16.1. The third kappa shape index (κ3) is 4.48. The molecule has 2 aliphatic heterocycles. The van der Waals surface area contributed by atoms with Gasteiger partial charge in [-0.25, -0.2) is 4.68 Å². The number of para-hydroxylation sites is 1. The Balaban J connectivity index is 1.32. The van der Waals surface area contributed by atoms with Crippen LogP contribution in [0, 0.1) is 0 Å². The van der Waals surface area contributed by atoms with Gasteiger partial charge in [0, 0.05) is 19.0 Å². The van der Waals surface area contributed by atoms with Crippen molar-refractivity contribution >= 4 is 5.91 Å². The van der Waals surface area contributed by atoms with Crippen molar-refractivity contribution in [3.05, 3.63) is 81.8 Å². The molecule has 34 heavy (non-hydrogen) atoms. The summed E-state index contributed by atoms with van der Waals surface area (Å²) in [5.74, 6) is 2.01. The van der Waals surface area contributed by atoms with Gasteiger partial charge in [-0.05, 0) is 54.8 Å². The van der Waals surface area contributed by atoms with Gasteiger partial charge in [-0.3, -0.25) is 9.59 Å². The molecule has 0 unspecified atom stereocenters. The maximum Gasteiger partial charge on any atom is 0.274 e. The molecule has 0 bridgehead atoms. The number of ether oxygens (including phenoxy) is 3. The van der Waals surface area contributed by atoms with Gasteiger partial charge in [0.15, 0.2) is 11.5 Å². The van der Waals surface area contributed by atoms with Crippen LogP contribution in [-0.4, -0.2) is 47.0 Å². The van der Waals surface area contributed by atoms with Crippen LogP contribution in [0.2, 0.25) is 0 Å². The molecule has 0 radical (unpaired) electrons. The van der Waals surface area contributed by atoms with E-state index in [1.165, 1.54) is 16.8 Å². The van der Waals surface area contributed by atoms with Crippen LogP contribution in [0.15, 0.2) is 59.4 Å². The van der Waals surface area contributed by atoms with Gasteiger partial charge >= 0.3 is 0 Å². The number of hydrogen-bond donors (Lipinski definition) is 0. The van der Waals surface area contributed by atoms with Crippen LogP contribution in [0.5, 0.6) is 17.2 Å². The van der Waals surface area contributed by atoms with E-state index in [9.17, 15) is 9.59 Å². The minimum atomic E-state index is -0.273. The van der Waals surface area contributed by atoms with Crippen LogP contribution in [0.1, 0.15) is 41.0 Å². The van der Waals surface area contributed by atoms with E-state index in [-0.39, 0.29) is 36.4 Å². The second kappa shape index (κ2) is 9.59. The number of carbonyl (C=O) groups is 1. The second-order valence-electron chi connectivity index (χ2n) is 8.41. The van der Waals surface area contributed by atoms with Gasteiger partial charge in [-0.2, -0.15) is 5.10 Å². The Bertz CT molecular complexity index is 1240. The van der Waals surface area contributed by atoms with Crippen LogP contribution in [0.25, 0.3) is 0 Å². The number of fused-ring (bicyclic) bond motifs is 2. The van der Waals surface area contributed by atoms with Gasteiger partial charge < -0.3 is 19.1 Å². The van der Waals surface area contributed by atoms with Crippen molar-refractivity contribution in [1.29, 1.82) is 0 Å². The van der Waals surface area contributed by atoms with E-state index >= 15 is 0 Å². The molecule has 8 heteroatoms.